The van der Waals surface area contributed by atoms with Gasteiger partial charge in [0.15, 0.2) is 0 Å². The Bertz CT molecular complexity index is 427. The molecule has 21 heavy (non-hydrogen) atoms. The second-order valence-electron chi connectivity index (χ2n) is 4.68. The molecule has 1 unspecified atom stereocenters. The summed E-state index contributed by atoms with van der Waals surface area (Å²) >= 11 is 0. The van der Waals surface area contributed by atoms with Crippen LogP contribution in [0.1, 0.15) is 11.6 Å². The number of rotatable bonds is 10. The van der Waals surface area contributed by atoms with E-state index >= 15 is 0 Å². The van der Waals surface area contributed by atoms with Crippen LogP contribution in [0.3, 0.4) is 0 Å². The minimum atomic E-state index is -0.0320. The SMILES string of the molecule is COCCOCCOCCOc1ccc2c(c1)OCC2N. The molecule has 1 atom stereocenters. The van der Waals surface area contributed by atoms with Crippen molar-refractivity contribution < 1.29 is 23.7 Å². The van der Waals surface area contributed by atoms with Crippen molar-refractivity contribution in [3.8, 4) is 11.5 Å². The van der Waals surface area contributed by atoms with Crippen LogP contribution < -0.4 is 15.2 Å². The summed E-state index contributed by atoms with van der Waals surface area (Å²) in [5, 5.41) is 0. The fraction of sp³-hybridized carbons (Fsp3) is 0.600. The first-order chi connectivity index (χ1) is 10.3. The summed E-state index contributed by atoms with van der Waals surface area (Å²) in [4.78, 5) is 0. The quantitative estimate of drug-likeness (QED) is 0.653. The Morgan fingerprint density at radius 1 is 1.10 bits per heavy atom. The number of ether oxygens (including phenoxy) is 5. The maximum atomic E-state index is 5.89. The average molecular weight is 297 g/mol. The van der Waals surface area contributed by atoms with Gasteiger partial charge in [0.05, 0.1) is 39.1 Å². The van der Waals surface area contributed by atoms with Crippen LogP contribution in [0.2, 0.25) is 0 Å². The normalized spacial score (nSPS) is 16.6. The summed E-state index contributed by atoms with van der Waals surface area (Å²) in [5.41, 5.74) is 6.92. The third-order valence-corrected chi connectivity index (χ3v) is 3.10. The van der Waals surface area contributed by atoms with Gasteiger partial charge < -0.3 is 29.4 Å². The van der Waals surface area contributed by atoms with E-state index in [4.69, 9.17) is 29.4 Å². The molecule has 0 aromatic heterocycles. The molecule has 6 nitrogen and oxygen atoms in total. The highest BCUT2D eigenvalue weighted by Crippen LogP contribution is 2.33. The molecule has 6 heteroatoms. The number of hydrogen-bond donors (Lipinski definition) is 1. The highest BCUT2D eigenvalue weighted by molar-refractivity contribution is 5.44. The van der Waals surface area contributed by atoms with Gasteiger partial charge >= 0.3 is 0 Å². The topological polar surface area (TPSA) is 72.2 Å². The van der Waals surface area contributed by atoms with Crippen molar-refractivity contribution in [2.45, 2.75) is 6.04 Å². The lowest BCUT2D eigenvalue weighted by molar-refractivity contribution is 0.0179. The van der Waals surface area contributed by atoms with Gasteiger partial charge in [-0.05, 0) is 12.1 Å². The molecule has 1 heterocycles. The molecule has 1 aromatic rings. The zero-order chi connectivity index (χ0) is 14.9. The lowest BCUT2D eigenvalue weighted by Crippen LogP contribution is -2.12. The van der Waals surface area contributed by atoms with Crippen LogP contribution in [0.25, 0.3) is 0 Å². The second-order valence-corrected chi connectivity index (χ2v) is 4.68. The molecule has 2 rings (SSSR count). The van der Waals surface area contributed by atoms with Crippen LogP contribution in [0.5, 0.6) is 11.5 Å². The zero-order valence-electron chi connectivity index (χ0n) is 12.4. The Morgan fingerprint density at radius 2 is 1.81 bits per heavy atom. The largest absolute Gasteiger partial charge is 0.491 e. The first-order valence-electron chi connectivity index (χ1n) is 7.11. The van der Waals surface area contributed by atoms with Gasteiger partial charge in [0.1, 0.15) is 24.7 Å². The highest BCUT2D eigenvalue weighted by atomic mass is 16.6. The lowest BCUT2D eigenvalue weighted by atomic mass is 10.1. The van der Waals surface area contributed by atoms with Gasteiger partial charge in [-0.1, -0.05) is 0 Å². The summed E-state index contributed by atoms with van der Waals surface area (Å²) in [6, 6.07) is 5.69. The second kappa shape index (κ2) is 8.84. The molecule has 118 valence electrons. The third-order valence-electron chi connectivity index (χ3n) is 3.10. The molecule has 1 aliphatic heterocycles. The standard InChI is InChI=1S/C15H23NO5/c1-17-4-5-18-6-7-19-8-9-20-12-2-3-13-14(16)11-21-15(13)10-12/h2-3,10,14H,4-9,11,16H2,1H3. The molecule has 0 aliphatic carbocycles. The van der Waals surface area contributed by atoms with Gasteiger partial charge in [-0.3, -0.25) is 0 Å². The molecular weight excluding hydrogens is 274 g/mol. The van der Waals surface area contributed by atoms with E-state index in [1.54, 1.807) is 7.11 Å². The summed E-state index contributed by atoms with van der Waals surface area (Å²) in [5.74, 6) is 1.58. The van der Waals surface area contributed by atoms with E-state index in [0.29, 0.717) is 46.2 Å². The first-order valence-corrected chi connectivity index (χ1v) is 7.11. The Balaban J connectivity index is 1.55. The van der Waals surface area contributed by atoms with E-state index in [2.05, 4.69) is 0 Å². The van der Waals surface area contributed by atoms with Crippen LogP contribution in [0.4, 0.5) is 0 Å². The van der Waals surface area contributed by atoms with Crippen molar-refractivity contribution in [1.29, 1.82) is 0 Å². The number of nitrogens with two attached hydrogens (primary N) is 1. The van der Waals surface area contributed by atoms with Crippen LogP contribution in [0, 0.1) is 0 Å². The van der Waals surface area contributed by atoms with E-state index in [1.807, 2.05) is 18.2 Å². The summed E-state index contributed by atoms with van der Waals surface area (Å²) in [7, 11) is 1.65. The Morgan fingerprint density at radius 3 is 2.57 bits per heavy atom. The zero-order valence-corrected chi connectivity index (χ0v) is 12.4. The van der Waals surface area contributed by atoms with Gasteiger partial charge in [-0.25, -0.2) is 0 Å². The van der Waals surface area contributed by atoms with E-state index in [9.17, 15) is 0 Å². The minimum Gasteiger partial charge on any atom is -0.491 e. The van der Waals surface area contributed by atoms with Gasteiger partial charge in [-0.2, -0.15) is 0 Å². The fourth-order valence-electron chi connectivity index (χ4n) is 1.99. The molecule has 0 amide bonds. The Hall–Kier alpha value is -1.34. The van der Waals surface area contributed by atoms with E-state index in [-0.39, 0.29) is 6.04 Å². The van der Waals surface area contributed by atoms with Crippen molar-refractivity contribution >= 4 is 0 Å². The summed E-state index contributed by atoms with van der Waals surface area (Å²) in [6.07, 6.45) is 0. The Kier molecular flexibility index (Phi) is 6.75. The molecular formula is C15H23NO5. The van der Waals surface area contributed by atoms with E-state index < -0.39 is 0 Å². The molecule has 0 saturated heterocycles. The van der Waals surface area contributed by atoms with Crippen molar-refractivity contribution in [2.24, 2.45) is 5.73 Å². The van der Waals surface area contributed by atoms with E-state index in [0.717, 1.165) is 17.1 Å². The monoisotopic (exact) mass is 297 g/mol. The Labute approximate surface area is 125 Å². The molecule has 0 spiro atoms. The summed E-state index contributed by atoms with van der Waals surface area (Å²) in [6.45, 7) is 3.85. The third kappa shape index (κ3) is 5.17. The number of hydrogen-bond acceptors (Lipinski definition) is 6. The van der Waals surface area contributed by atoms with Crippen LogP contribution in [-0.2, 0) is 14.2 Å². The molecule has 0 saturated carbocycles. The van der Waals surface area contributed by atoms with Crippen molar-refractivity contribution in [2.75, 3.05) is 53.4 Å². The highest BCUT2D eigenvalue weighted by Gasteiger charge is 2.20. The smallest absolute Gasteiger partial charge is 0.127 e. The molecule has 1 aliphatic rings. The molecule has 0 fully saturated rings. The van der Waals surface area contributed by atoms with Crippen molar-refractivity contribution in [1.82, 2.24) is 0 Å². The maximum absolute atomic E-state index is 5.89. The van der Waals surface area contributed by atoms with Gasteiger partial charge in [0.25, 0.3) is 0 Å². The van der Waals surface area contributed by atoms with Crippen molar-refractivity contribution in [3.63, 3.8) is 0 Å². The lowest BCUT2D eigenvalue weighted by Gasteiger charge is -2.09. The predicted molar refractivity (Wildman–Crippen MR) is 77.9 cm³/mol. The number of fused-ring (bicyclic) bond motifs is 1. The van der Waals surface area contributed by atoms with Gasteiger partial charge in [0.2, 0.25) is 0 Å². The first kappa shape index (κ1) is 16.0. The minimum absolute atomic E-state index is 0.0320. The van der Waals surface area contributed by atoms with E-state index in [1.165, 1.54) is 0 Å². The average Bonchev–Trinajstić information content (AvgIpc) is 2.86. The fourth-order valence-corrected chi connectivity index (χ4v) is 1.99. The van der Waals surface area contributed by atoms with Crippen molar-refractivity contribution in [3.05, 3.63) is 23.8 Å². The van der Waals surface area contributed by atoms with Gasteiger partial charge in [0, 0.05) is 18.7 Å². The van der Waals surface area contributed by atoms with Crippen LogP contribution in [-0.4, -0.2) is 53.4 Å². The molecule has 2 N–H and O–H groups in total. The predicted octanol–water partition coefficient (Wildman–Crippen LogP) is 1.14. The number of methoxy groups -OCH3 is 1. The molecule has 1 aromatic carbocycles. The van der Waals surface area contributed by atoms with Crippen LogP contribution >= 0.6 is 0 Å². The van der Waals surface area contributed by atoms with Crippen LogP contribution in [0.15, 0.2) is 18.2 Å². The van der Waals surface area contributed by atoms with Gasteiger partial charge in [-0.15, -0.1) is 0 Å². The molecule has 0 radical (unpaired) electrons. The summed E-state index contributed by atoms with van der Waals surface area (Å²) < 4.78 is 26.6. The maximum Gasteiger partial charge on any atom is 0.127 e. The molecule has 0 bridgehead atoms. The number of benzene rings is 1.